The summed E-state index contributed by atoms with van der Waals surface area (Å²) in [5.41, 5.74) is 0.140. The maximum absolute atomic E-state index is 12.9. The van der Waals surface area contributed by atoms with Gasteiger partial charge in [0.25, 0.3) is 22.8 Å². The third kappa shape index (κ3) is 2.66. The van der Waals surface area contributed by atoms with Gasteiger partial charge in [-0.1, -0.05) is 6.07 Å². The number of hydrogen-bond acceptors (Lipinski definition) is 6. The van der Waals surface area contributed by atoms with E-state index < -0.39 is 22.5 Å². The van der Waals surface area contributed by atoms with Crippen LogP contribution in [-0.4, -0.2) is 29.1 Å². The lowest BCUT2D eigenvalue weighted by Gasteiger charge is -2.10. The molecule has 0 atom stereocenters. The SMILES string of the molecule is Cc1ccc([N+](=O)[O-])cc1-n1ccc2c(cnc3nc(C(F)(F)F)nn32)c1=O. The summed E-state index contributed by atoms with van der Waals surface area (Å²) in [4.78, 5) is 30.4. The van der Waals surface area contributed by atoms with Crippen molar-refractivity contribution in [3.63, 3.8) is 0 Å². The second kappa shape index (κ2) is 5.84. The number of aryl methyl sites for hydroxylation is 1. The van der Waals surface area contributed by atoms with Gasteiger partial charge in [0, 0.05) is 24.5 Å². The highest BCUT2D eigenvalue weighted by Gasteiger charge is 2.36. The second-order valence-electron chi connectivity index (χ2n) is 5.92. The van der Waals surface area contributed by atoms with Gasteiger partial charge >= 0.3 is 6.18 Å². The lowest BCUT2D eigenvalue weighted by atomic mass is 10.1. The summed E-state index contributed by atoms with van der Waals surface area (Å²) in [6, 6.07) is 5.42. The highest BCUT2D eigenvalue weighted by Crippen LogP contribution is 2.27. The molecule has 4 rings (SSSR count). The Morgan fingerprint density at radius 3 is 2.64 bits per heavy atom. The van der Waals surface area contributed by atoms with Gasteiger partial charge in [0.05, 0.1) is 21.5 Å². The lowest BCUT2D eigenvalue weighted by Crippen LogP contribution is -2.19. The van der Waals surface area contributed by atoms with Crippen molar-refractivity contribution in [1.29, 1.82) is 0 Å². The van der Waals surface area contributed by atoms with Crippen LogP contribution in [0.2, 0.25) is 0 Å². The van der Waals surface area contributed by atoms with E-state index in [1.54, 1.807) is 6.92 Å². The van der Waals surface area contributed by atoms with Crippen LogP contribution in [0, 0.1) is 17.0 Å². The molecule has 0 unspecified atom stereocenters. The number of alkyl halides is 3. The first-order valence-corrected chi connectivity index (χ1v) is 7.76. The van der Waals surface area contributed by atoms with Gasteiger partial charge in [0.15, 0.2) is 0 Å². The molecule has 0 aliphatic heterocycles. The fourth-order valence-corrected chi connectivity index (χ4v) is 2.80. The number of benzene rings is 1. The van der Waals surface area contributed by atoms with E-state index in [1.807, 2.05) is 0 Å². The average Bonchev–Trinajstić information content (AvgIpc) is 3.08. The topological polar surface area (TPSA) is 108 Å². The van der Waals surface area contributed by atoms with Crippen LogP contribution < -0.4 is 5.56 Å². The summed E-state index contributed by atoms with van der Waals surface area (Å²) < 4.78 is 40.6. The number of aromatic nitrogens is 5. The third-order valence-corrected chi connectivity index (χ3v) is 4.15. The smallest absolute Gasteiger partial charge is 0.283 e. The maximum Gasteiger partial charge on any atom is 0.453 e. The van der Waals surface area contributed by atoms with E-state index in [-0.39, 0.29) is 28.1 Å². The predicted molar refractivity (Wildman–Crippen MR) is 90.3 cm³/mol. The van der Waals surface area contributed by atoms with E-state index >= 15 is 0 Å². The molecule has 0 N–H and O–H groups in total. The number of hydrogen-bond donors (Lipinski definition) is 0. The van der Waals surface area contributed by atoms with Gasteiger partial charge in [0.2, 0.25) is 0 Å². The van der Waals surface area contributed by atoms with E-state index in [9.17, 15) is 28.1 Å². The fraction of sp³-hybridized carbons (Fsp3) is 0.125. The zero-order valence-corrected chi connectivity index (χ0v) is 14.0. The Bertz CT molecular complexity index is 1330. The van der Waals surface area contributed by atoms with Crippen LogP contribution in [0.15, 0.2) is 41.5 Å². The minimum Gasteiger partial charge on any atom is -0.283 e. The molecule has 0 saturated carbocycles. The van der Waals surface area contributed by atoms with Crippen LogP contribution in [0.5, 0.6) is 0 Å². The molecule has 142 valence electrons. The fourth-order valence-electron chi connectivity index (χ4n) is 2.80. The zero-order valence-electron chi connectivity index (χ0n) is 14.0. The molecule has 3 heterocycles. The number of nitrogens with zero attached hydrogens (tertiary/aromatic N) is 6. The van der Waals surface area contributed by atoms with E-state index in [0.29, 0.717) is 5.56 Å². The van der Waals surface area contributed by atoms with Gasteiger partial charge in [-0.2, -0.15) is 22.7 Å². The molecular formula is C16H9F3N6O3. The molecule has 0 amide bonds. The standard InChI is InChI=1S/C16H9F3N6O3/c1-8-2-3-9(25(27)28)6-12(8)23-5-4-11-10(13(23)26)7-20-15-21-14(16(17,18)19)22-24(11)15/h2-7H,1H3. The molecule has 28 heavy (non-hydrogen) atoms. The molecule has 3 aromatic heterocycles. The molecule has 0 aliphatic carbocycles. The molecule has 0 aliphatic rings. The first-order valence-electron chi connectivity index (χ1n) is 7.76. The first-order chi connectivity index (χ1) is 13.2. The Morgan fingerprint density at radius 2 is 1.96 bits per heavy atom. The van der Waals surface area contributed by atoms with Crippen molar-refractivity contribution in [2.45, 2.75) is 13.1 Å². The van der Waals surface area contributed by atoms with E-state index in [4.69, 9.17) is 0 Å². The van der Waals surface area contributed by atoms with Gasteiger partial charge in [-0.25, -0.2) is 4.98 Å². The number of nitro groups is 1. The van der Waals surface area contributed by atoms with Crippen molar-refractivity contribution in [3.05, 3.63) is 68.5 Å². The van der Waals surface area contributed by atoms with Gasteiger partial charge in [-0.15, -0.1) is 5.10 Å². The van der Waals surface area contributed by atoms with Crippen molar-refractivity contribution in [2.75, 3.05) is 0 Å². The van der Waals surface area contributed by atoms with Gasteiger partial charge < -0.3 is 0 Å². The van der Waals surface area contributed by atoms with Crippen LogP contribution in [0.1, 0.15) is 11.4 Å². The number of non-ortho nitro benzene ring substituents is 1. The molecule has 4 aromatic rings. The number of halogens is 3. The summed E-state index contributed by atoms with van der Waals surface area (Å²) in [5.74, 6) is -1.67. The Kier molecular flexibility index (Phi) is 3.66. The minimum atomic E-state index is -4.75. The average molecular weight is 390 g/mol. The summed E-state index contributed by atoms with van der Waals surface area (Å²) in [5, 5.41) is 14.4. The lowest BCUT2D eigenvalue weighted by molar-refractivity contribution is -0.384. The monoisotopic (exact) mass is 390 g/mol. The Morgan fingerprint density at radius 1 is 1.21 bits per heavy atom. The molecule has 0 radical (unpaired) electrons. The highest BCUT2D eigenvalue weighted by molar-refractivity contribution is 5.79. The summed E-state index contributed by atoms with van der Waals surface area (Å²) in [6.07, 6.45) is -2.34. The third-order valence-electron chi connectivity index (χ3n) is 4.15. The van der Waals surface area contributed by atoms with Crippen LogP contribution in [0.3, 0.4) is 0 Å². The van der Waals surface area contributed by atoms with Crippen molar-refractivity contribution in [3.8, 4) is 5.69 Å². The molecule has 0 bridgehead atoms. The molecule has 12 heteroatoms. The largest absolute Gasteiger partial charge is 0.453 e. The molecule has 0 fully saturated rings. The van der Waals surface area contributed by atoms with Crippen LogP contribution in [0.25, 0.3) is 22.4 Å². The van der Waals surface area contributed by atoms with Crippen molar-refractivity contribution < 1.29 is 18.1 Å². The Hall–Kier alpha value is -3.83. The van der Waals surface area contributed by atoms with Crippen LogP contribution in [0.4, 0.5) is 18.9 Å². The van der Waals surface area contributed by atoms with Gasteiger partial charge in [0.1, 0.15) is 0 Å². The van der Waals surface area contributed by atoms with E-state index in [1.165, 1.54) is 35.0 Å². The zero-order chi connectivity index (χ0) is 20.2. The number of nitro benzene ring substituents is 1. The van der Waals surface area contributed by atoms with E-state index in [2.05, 4.69) is 15.1 Å². The second-order valence-corrected chi connectivity index (χ2v) is 5.92. The quantitative estimate of drug-likeness (QED) is 0.385. The molecule has 1 aromatic carbocycles. The van der Waals surface area contributed by atoms with Crippen molar-refractivity contribution >= 4 is 22.4 Å². The minimum absolute atomic E-state index is 0.0143. The Labute approximate surface area is 152 Å². The van der Waals surface area contributed by atoms with E-state index in [0.717, 1.165) is 10.7 Å². The Balaban J connectivity index is 1.98. The van der Waals surface area contributed by atoms with Gasteiger partial charge in [-0.3, -0.25) is 19.5 Å². The number of rotatable bonds is 2. The van der Waals surface area contributed by atoms with Crippen LogP contribution >= 0.6 is 0 Å². The number of fused-ring (bicyclic) bond motifs is 3. The molecule has 9 nitrogen and oxygen atoms in total. The highest BCUT2D eigenvalue weighted by atomic mass is 19.4. The predicted octanol–water partition coefficient (Wildman–Crippen LogP) is 2.66. The van der Waals surface area contributed by atoms with Crippen molar-refractivity contribution in [1.82, 2.24) is 24.1 Å². The maximum atomic E-state index is 12.9. The molecular weight excluding hydrogens is 381 g/mol. The first kappa shape index (κ1) is 17.6. The van der Waals surface area contributed by atoms with Crippen LogP contribution in [-0.2, 0) is 6.18 Å². The normalized spacial score (nSPS) is 12.0. The van der Waals surface area contributed by atoms with Crippen molar-refractivity contribution in [2.24, 2.45) is 0 Å². The number of pyridine rings is 1. The summed E-state index contributed by atoms with van der Waals surface area (Å²) in [6.45, 7) is 1.67. The summed E-state index contributed by atoms with van der Waals surface area (Å²) in [7, 11) is 0. The molecule has 0 spiro atoms. The summed E-state index contributed by atoms with van der Waals surface area (Å²) >= 11 is 0. The molecule has 0 saturated heterocycles. The van der Waals surface area contributed by atoms with Gasteiger partial charge in [-0.05, 0) is 18.6 Å².